The summed E-state index contributed by atoms with van der Waals surface area (Å²) < 4.78 is 0. The SMILES string of the molecule is CCCc1[c]cnc2ccccc12. The van der Waals surface area contributed by atoms with Crippen molar-refractivity contribution < 1.29 is 0 Å². The average molecular weight is 170 g/mol. The average Bonchev–Trinajstić information content (AvgIpc) is 2.19. The number of benzene rings is 1. The molecule has 1 radical (unpaired) electrons. The van der Waals surface area contributed by atoms with E-state index in [0.29, 0.717) is 0 Å². The second-order valence-corrected chi connectivity index (χ2v) is 3.15. The van der Waals surface area contributed by atoms with Crippen molar-refractivity contribution in [3.63, 3.8) is 0 Å². The first kappa shape index (κ1) is 8.24. The molecule has 0 N–H and O–H groups in total. The number of hydrogen-bond acceptors (Lipinski definition) is 1. The number of fused-ring (bicyclic) bond motifs is 1. The predicted octanol–water partition coefficient (Wildman–Crippen LogP) is 2.99. The first-order valence-corrected chi connectivity index (χ1v) is 4.66. The third-order valence-electron chi connectivity index (χ3n) is 2.17. The molecule has 0 unspecified atom stereocenters. The molecule has 0 aliphatic carbocycles. The Morgan fingerprint density at radius 3 is 3.00 bits per heavy atom. The van der Waals surface area contributed by atoms with E-state index in [1.54, 1.807) is 6.20 Å². The lowest BCUT2D eigenvalue weighted by molar-refractivity contribution is 0.926. The van der Waals surface area contributed by atoms with Gasteiger partial charge in [0.25, 0.3) is 0 Å². The smallest absolute Gasteiger partial charge is 0.0705 e. The summed E-state index contributed by atoms with van der Waals surface area (Å²) in [5.74, 6) is 0. The van der Waals surface area contributed by atoms with E-state index < -0.39 is 0 Å². The Hall–Kier alpha value is -1.37. The van der Waals surface area contributed by atoms with Gasteiger partial charge < -0.3 is 0 Å². The molecule has 0 spiro atoms. The van der Waals surface area contributed by atoms with Gasteiger partial charge in [-0.1, -0.05) is 31.5 Å². The van der Waals surface area contributed by atoms with Gasteiger partial charge >= 0.3 is 0 Å². The van der Waals surface area contributed by atoms with Crippen molar-refractivity contribution >= 4 is 10.9 Å². The van der Waals surface area contributed by atoms with Crippen LogP contribution < -0.4 is 0 Å². The van der Waals surface area contributed by atoms with Crippen molar-refractivity contribution in [2.24, 2.45) is 0 Å². The van der Waals surface area contributed by atoms with Crippen LogP contribution >= 0.6 is 0 Å². The fourth-order valence-electron chi connectivity index (χ4n) is 1.56. The Labute approximate surface area is 78.4 Å². The zero-order chi connectivity index (χ0) is 9.10. The number of hydrogen-bond donors (Lipinski definition) is 0. The minimum Gasteiger partial charge on any atom is -0.256 e. The summed E-state index contributed by atoms with van der Waals surface area (Å²) in [7, 11) is 0. The molecule has 65 valence electrons. The maximum atomic E-state index is 4.27. The molecular formula is C12H12N. The van der Waals surface area contributed by atoms with E-state index in [4.69, 9.17) is 0 Å². The highest BCUT2D eigenvalue weighted by Gasteiger charge is 1.99. The third-order valence-corrected chi connectivity index (χ3v) is 2.17. The molecule has 0 fully saturated rings. The Balaban J connectivity index is 2.61. The number of nitrogens with zero attached hydrogens (tertiary/aromatic N) is 1. The summed E-state index contributed by atoms with van der Waals surface area (Å²) in [5.41, 5.74) is 2.36. The molecule has 0 saturated carbocycles. The lowest BCUT2D eigenvalue weighted by Crippen LogP contribution is -1.87. The fourth-order valence-corrected chi connectivity index (χ4v) is 1.56. The van der Waals surface area contributed by atoms with Crippen LogP contribution in [0.4, 0.5) is 0 Å². The van der Waals surface area contributed by atoms with Crippen LogP contribution in [-0.4, -0.2) is 4.98 Å². The summed E-state index contributed by atoms with van der Waals surface area (Å²) in [6.07, 6.45) is 4.01. The highest BCUT2D eigenvalue weighted by molar-refractivity contribution is 5.81. The summed E-state index contributed by atoms with van der Waals surface area (Å²) in [4.78, 5) is 4.27. The fraction of sp³-hybridized carbons (Fsp3) is 0.250. The maximum absolute atomic E-state index is 4.27. The van der Waals surface area contributed by atoms with Crippen LogP contribution in [0.3, 0.4) is 0 Å². The molecule has 13 heavy (non-hydrogen) atoms. The lowest BCUT2D eigenvalue weighted by Gasteiger charge is -2.02. The summed E-state index contributed by atoms with van der Waals surface area (Å²) in [6, 6.07) is 11.4. The van der Waals surface area contributed by atoms with Crippen LogP contribution in [0.2, 0.25) is 0 Å². The Morgan fingerprint density at radius 1 is 1.31 bits per heavy atom. The van der Waals surface area contributed by atoms with Crippen molar-refractivity contribution in [2.45, 2.75) is 19.8 Å². The Morgan fingerprint density at radius 2 is 2.15 bits per heavy atom. The first-order chi connectivity index (χ1) is 6.42. The van der Waals surface area contributed by atoms with Crippen LogP contribution in [0.15, 0.2) is 30.5 Å². The number of para-hydroxylation sites is 1. The molecule has 1 aromatic carbocycles. The van der Waals surface area contributed by atoms with E-state index in [1.165, 1.54) is 10.9 Å². The van der Waals surface area contributed by atoms with E-state index in [2.05, 4.69) is 30.1 Å². The second-order valence-electron chi connectivity index (χ2n) is 3.15. The Kier molecular flexibility index (Phi) is 2.26. The van der Waals surface area contributed by atoms with Crippen molar-refractivity contribution in [2.75, 3.05) is 0 Å². The molecule has 0 amide bonds. The zero-order valence-corrected chi connectivity index (χ0v) is 7.75. The van der Waals surface area contributed by atoms with E-state index in [1.807, 2.05) is 12.1 Å². The molecule has 0 aliphatic rings. The van der Waals surface area contributed by atoms with Gasteiger partial charge in [-0.25, -0.2) is 0 Å². The van der Waals surface area contributed by atoms with Crippen LogP contribution in [-0.2, 0) is 6.42 Å². The molecule has 1 heterocycles. The zero-order valence-electron chi connectivity index (χ0n) is 7.75. The summed E-state index contributed by atoms with van der Waals surface area (Å²) >= 11 is 0. The highest BCUT2D eigenvalue weighted by Crippen LogP contribution is 2.16. The number of aromatic nitrogens is 1. The van der Waals surface area contributed by atoms with Crippen LogP contribution in [0.1, 0.15) is 18.9 Å². The highest BCUT2D eigenvalue weighted by atomic mass is 14.6. The number of aryl methyl sites for hydroxylation is 1. The van der Waals surface area contributed by atoms with Gasteiger partial charge in [-0.2, -0.15) is 0 Å². The van der Waals surface area contributed by atoms with E-state index in [0.717, 1.165) is 18.4 Å². The topological polar surface area (TPSA) is 12.9 Å². The van der Waals surface area contributed by atoms with E-state index >= 15 is 0 Å². The minimum absolute atomic E-state index is 1.07. The van der Waals surface area contributed by atoms with Crippen molar-refractivity contribution in [3.8, 4) is 0 Å². The molecule has 1 heteroatoms. The van der Waals surface area contributed by atoms with Crippen LogP contribution in [0, 0.1) is 6.07 Å². The van der Waals surface area contributed by atoms with E-state index in [-0.39, 0.29) is 0 Å². The number of pyridine rings is 1. The van der Waals surface area contributed by atoms with Crippen molar-refractivity contribution in [1.29, 1.82) is 0 Å². The molecule has 1 aromatic heterocycles. The van der Waals surface area contributed by atoms with Gasteiger partial charge in [0.2, 0.25) is 0 Å². The first-order valence-electron chi connectivity index (χ1n) is 4.66. The summed E-state index contributed by atoms with van der Waals surface area (Å²) in [5, 5.41) is 1.24. The van der Waals surface area contributed by atoms with Crippen molar-refractivity contribution in [3.05, 3.63) is 42.1 Å². The van der Waals surface area contributed by atoms with Crippen LogP contribution in [0.5, 0.6) is 0 Å². The standard InChI is InChI=1S/C12H12N/c1-2-5-10-8-9-13-12-7-4-3-6-11(10)12/h3-4,6-7,9H,2,5H2,1H3. The molecule has 2 aromatic rings. The molecule has 0 saturated heterocycles. The van der Waals surface area contributed by atoms with Gasteiger partial charge in [0.15, 0.2) is 0 Å². The Bertz CT molecular complexity index is 401. The van der Waals surface area contributed by atoms with Crippen LogP contribution in [0.25, 0.3) is 10.9 Å². The third kappa shape index (κ3) is 1.55. The van der Waals surface area contributed by atoms with Gasteiger partial charge in [0.05, 0.1) is 5.52 Å². The quantitative estimate of drug-likeness (QED) is 0.675. The van der Waals surface area contributed by atoms with Gasteiger partial charge in [-0.05, 0) is 18.1 Å². The second kappa shape index (κ2) is 3.56. The molecule has 2 rings (SSSR count). The molecule has 0 atom stereocenters. The largest absolute Gasteiger partial charge is 0.256 e. The molecule has 1 nitrogen and oxygen atoms in total. The van der Waals surface area contributed by atoms with Gasteiger partial charge in [-0.15, -0.1) is 0 Å². The normalized spacial score (nSPS) is 10.5. The lowest BCUT2D eigenvalue weighted by atomic mass is 10.1. The maximum Gasteiger partial charge on any atom is 0.0705 e. The monoisotopic (exact) mass is 170 g/mol. The van der Waals surface area contributed by atoms with Gasteiger partial charge in [-0.3, -0.25) is 4.98 Å². The molecular weight excluding hydrogens is 158 g/mol. The predicted molar refractivity (Wildman–Crippen MR) is 54.6 cm³/mol. The summed E-state index contributed by atoms with van der Waals surface area (Å²) in [6.45, 7) is 2.18. The van der Waals surface area contributed by atoms with Crippen molar-refractivity contribution in [1.82, 2.24) is 4.98 Å². The van der Waals surface area contributed by atoms with E-state index in [9.17, 15) is 0 Å². The number of rotatable bonds is 2. The molecule has 0 aliphatic heterocycles. The minimum atomic E-state index is 1.07. The molecule has 0 bridgehead atoms. The van der Waals surface area contributed by atoms with Gasteiger partial charge in [0, 0.05) is 17.6 Å². The van der Waals surface area contributed by atoms with Gasteiger partial charge in [0.1, 0.15) is 0 Å².